The summed E-state index contributed by atoms with van der Waals surface area (Å²) in [7, 11) is 0. The van der Waals surface area contributed by atoms with Gasteiger partial charge in [0.1, 0.15) is 0 Å². The Morgan fingerprint density at radius 1 is 1.44 bits per heavy atom. The summed E-state index contributed by atoms with van der Waals surface area (Å²) in [6, 6.07) is 3.94. The van der Waals surface area contributed by atoms with Crippen LogP contribution in [0.1, 0.15) is 19.2 Å². The third-order valence-electron chi connectivity index (χ3n) is 1.95. The zero-order valence-corrected chi connectivity index (χ0v) is 11.3. The summed E-state index contributed by atoms with van der Waals surface area (Å²) >= 11 is 4.99. The Balaban J connectivity index is 2.02. The van der Waals surface area contributed by atoms with Gasteiger partial charge in [-0.1, -0.05) is 6.92 Å². The fourth-order valence-electron chi connectivity index (χ4n) is 1.23. The number of rotatable bonds is 5. The molecule has 0 atom stereocenters. The van der Waals surface area contributed by atoms with Crippen molar-refractivity contribution in [2.24, 2.45) is 0 Å². The first-order valence-electron chi connectivity index (χ1n) is 5.08. The summed E-state index contributed by atoms with van der Waals surface area (Å²) in [6.45, 7) is 3.71. The molecule has 0 aliphatic carbocycles. The van der Waals surface area contributed by atoms with E-state index in [1.165, 1.54) is 0 Å². The van der Waals surface area contributed by atoms with Gasteiger partial charge in [-0.15, -0.1) is 21.5 Å². The highest BCUT2D eigenvalue weighted by molar-refractivity contribution is 9.11. The molecular formula is C10H12BrN3OS. The quantitative estimate of drug-likeness (QED) is 0.862. The monoisotopic (exact) mass is 301 g/mol. The minimum atomic E-state index is 0.587. The maximum absolute atomic E-state index is 5.53. The maximum atomic E-state index is 5.53. The Hall–Kier alpha value is -0.720. The van der Waals surface area contributed by atoms with Crippen molar-refractivity contribution in [1.29, 1.82) is 0 Å². The molecule has 4 nitrogen and oxygen atoms in total. The number of hydrogen-bond donors (Lipinski definition) is 1. The normalized spacial score (nSPS) is 10.9. The molecule has 2 rings (SSSR count). The zero-order chi connectivity index (χ0) is 11.4. The van der Waals surface area contributed by atoms with Crippen molar-refractivity contribution >= 4 is 27.3 Å². The highest BCUT2D eigenvalue weighted by atomic mass is 79.9. The molecule has 2 aromatic heterocycles. The van der Waals surface area contributed by atoms with Gasteiger partial charge in [-0.05, 0) is 41.0 Å². The van der Waals surface area contributed by atoms with Gasteiger partial charge >= 0.3 is 0 Å². The predicted octanol–water partition coefficient (Wildman–Crippen LogP) is 3.06. The summed E-state index contributed by atoms with van der Waals surface area (Å²) in [6.07, 6.45) is 1.10. The fraction of sp³-hybridized carbons (Fsp3) is 0.400. The lowest BCUT2D eigenvalue weighted by atomic mass is 10.5. The lowest BCUT2D eigenvalue weighted by molar-refractivity contribution is 0.478. The van der Waals surface area contributed by atoms with E-state index in [4.69, 9.17) is 4.42 Å². The van der Waals surface area contributed by atoms with Crippen LogP contribution in [0.2, 0.25) is 0 Å². The largest absolute Gasteiger partial charge is 0.419 e. The molecule has 2 heterocycles. The molecule has 0 aliphatic rings. The van der Waals surface area contributed by atoms with E-state index in [0.29, 0.717) is 18.3 Å². The van der Waals surface area contributed by atoms with E-state index in [1.54, 1.807) is 11.3 Å². The summed E-state index contributed by atoms with van der Waals surface area (Å²) in [5, 5.41) is 11.2. The molecule has 0 spiro atoms. The van der Waals surface area contributed by atoms with Gasteiger partial charge < -0.3 is 9.73 Å². The van der Waals surface area contributed by atoms with Crippen LogP contribution in [0.5, 0.6) is 0 Å². The van der Waals surface area contributed by atoms with Gasteiger partial charge in [0, 0.05) is 0 Å². The van der Waals surface area contributed by atoms with Crippen molar-refractivity contribution in [3.63, 3.8) is 0 Å². The summed E-state index contributed by atoms with van der Waals surface area (Å²) in [5.74, 6) is 1.22. The van der Waals surface area contributed by atoms with Crippen molar-refractivity contribution in [2.75, 3.05) is 6.54 Å². The zero-order valence-electron chi connectivity index (χ0n) is 8.86. The molecule has 2 aromatic rings. The van der Waals surface area contributed by atoms with Gasteiger partial charge in [0.2, 0.25) is 5.89 Å². The molecule has 86 valence electrons. The molecule has 0 aliphatic heterocycles. The second-order valence-electron chi connectivity index (χ2n) is 3.28. The molecule has 6 heteroatoms. The highest BCUT2D eigenvalue weighted by Crippen LogP contribution is 2.30. The number of aromatic nitrogens is 2. The first kappa shape index (κ1) is 11.8. The average molecular weight is 302 g/mol. The van der Waals surface area contributed by atoms with E-state index in [-0.39, 0.29) is 0 Å². The van der Waals surface area contributed by atoms with Gasteiger partial charge in [0.25, 0.3) is 5.89 Å². The minimum absolute atomic E-state index is 0.587. The van der Waals surface area contributed by atoms with E-state index in [2.05, 4.69) is 38.4 Å². The third kappa shape index (κ3) is 2.90. The molecule has 16 heavy (non-hydrogen) atoms. The second kappa shape index (κ2) is 5.56. The Bertz CT molecular complexity index is 454. The van der Waals surface area contributed by atoms with E-state index >= 15 is 0 Å². The van der Waals surface area contributed by atoms with Gasteiger partial charge in [-0.25, -0.2) is 0 Å². The van der Waals surface area contributed by atoms with E-state index in [1.807, 2.05) is 12.1 Å². The maximum Gasteiger partial charge on any atom is 0.257 e. The fourth-order valence-corrected chi connectivity index (χ4v) is 2.53. The molecule has 0 unspecified atom stereocenters. The van der Waals surface area contributed by atoms with Crippen molar-refractivity contribution in [3.8, 4) is 10.8 Å². The summed E-state index contributed by atoms with van der Waals surface area (Å²) in [4.78, 5) is 0.987. The van der Waals surface area contributed by atoms with Crippen LogP contribution >= 0.6 is 27.3 Å². The second-order valence-corrected chi connectivity index (χ2v) is 5.74. The van der Waals surface area contributed by atoms with Gasteiger partial charge in [-0.2, -0.15) is 0 Å². The van der Waals surface area contributed by atoms with Crippen LogP contribution in [0.25, 0.3) is 10.8 Å². The van der Waals surface area contributed by atoms with Crippen molar-refractivity contribution in [1.82, 2.24) is 15.5 Å². The van der Waals surface area contributed by atoms with Crippen LogP contribution < -0.4 is 5.32 Å². The Kier molecular flexibility index (Phi) is 4.09. The molecule has 0 amide bonds. The SMILES string of the molecule is CCCNCc1nnc(-c2ccc(Br)s2)o1. The number of hydrogen-bond acceptors (Lipinski definition) is 5. The number of nitrogens with one attached hydrogen (secondary N) is 1. The van der Waals surface area contributed by atoms with Crippen LogP contribution in [0.3, 0.4) is 0 Å². The number of thiophene rings is 1. The van der Waals surface area contributed by atoms with Gasteiger partial charge in [0.05, 0.1) is 15.2 Å². The van der Waals surface area contributed by atoms with E-state index < -0.39 is 0 Å². The highest BCUT2D eigenvalue weighted by Gasteiger charge is 2.09. The molecular weight excluding hydrogens is 290 g/mol. The Labute approximate surface area is 106 Å². The molecule has 0 bridgehead atoms. The van der Waals surface area contributed by atoms with Crippen LogP contribution in [0.15, 0.2) is 20.3 Å². The molecule has 0 saturated carbocycles. The van der Waals surface area contributed by atoms with Crippen LogP contribution in [0, 0.1) is 0 Å². The van der Waals surface area contributed by atoms with Crippen molar-refractivity contribution < 1.29 is 4.42 Å². The standard InChI is InChI=1S/C10H12BrN3OS/c1-2-5-12-6-9-13-14-10(15-9)7-3-4-8(11)16-7/h3-4,12H,2,5-6H2,1H3. The van der Waals surface area contributed by atoms with Gasteiger partial charge in [-0.3, -0.25) is 0 Å². The topological polar surface area (TPSA) is 51.0 Å². The average Bonchev–Trinajstić information content (AvgIpc) is 2.87. The summed E-state index contributed by atoms with van der Waals surface area (Å²) < 4.78 is 6.60. The number of halogens is 1. The number of nitrogens with zero attached hydrogens (tertiary/aromatic N) is 2. The lowest BCUT2D eigenvalue weighted by Crippen LogP contribution is -2.13. The molecule has 0 aromatic carbocycles. The molecule has 0 radical (unpaired) electrons. The third-order valence-corrected chi connectivity index (χ3v) is 3.57. The minimum Gasteiger partial charge on any atom is -0.419 e. The van der Waals surface area contributed by atoms with Gasteiger partial charge in [0.15, 0.2) is 0 Å². The first-order chi connectivity index (χ1) is 7.79. The van der Waals surface area contributed by atoms with E-state index in [9.17, 15) is 0 Å². The molecule has 0 fully saturated rings. The summed E-state index contributed by atoms with van der Waals surface area (Å²) in [5.41, 5.74) is 0. The van der Waals surface area contributed by atoms with Crippen LogP contribution in [0.4, 0.5) is 0 Å². The van der Waals surface area contributed by atoms with Crippen LogP contribution in [-0.4, -0.2) is 16.7 Å². The molecule has 1 N–H and O–H groups in total. The van der Waals surface area contributed by atoms with Crippen LogP contribution in [-0.2, 0) is 6.54 Å². The lowest BCUT2D eigenvalue weighted by Gasteiger charge is -1.96. The molecule has 0 saturated heterocycles. The predicted molar refractivity (Wildman–Crippen MR) is 67.3 cm³/mol. The Morgan fingerprint density at radius 2 is 2.31 bits per heavy atom. The Morgan fingerprint density at radius 3 is 3.00 bits per heavy atom. The van der Waals surface area contributed by atoms with Crippen molar-refractivity contribution in [3.05, 3.63) is 21.8 Å². The first-order valence-corrected chi connectivity index (χ1v) is 6.69. The van der Waals surface area contributed by atoms with Crippen molar-refractivity contribution in [2.45, 2.75) is 19.9 Å². The smallest absolute Gasteiger partial charge is 0.257 e. The van der Waals surface area contributed by atoms with E-state index in [0.717, 1.165) is 21.6 Å².